The van der Waals surface area contributed by atoms with E-state index in [1.54, 1.807) is 25.1 Å². The van der Waals surface area contributed by atoms with Gasteiger partial charge in [0.25, 0.3) is 0 Å². The first kappa shape index (κ1) is 13.0. The number of carbonyl (C=O) groups is 2. The molecule has 0 aliphatic rings. The Balaban J connectivity index is 2.94. The summed E-state index contributed by atoms with van der Waals surface area (Å²) in [7, 11) is 1.33. The van der Waals surface area contributed by atoms with E-state index in [0.29, 0.717) is 23.4 Å². The monoisotopic (exact) mass is 236 g/mol. The number of rotatable bonds is 3. The maximum absolute atomic E-state index is 11.4. The Bertz CT molecular complexity index is 430. The van der Waals surface area contributed by atoms with E-state index in [1.807, 2.05) is 6.92 Å². The van der Waals surface area contributed by atoms with Crippen molar-refractivity contribution in [3.05, 3.63) is 29.3 Å². The second kappa shape index (κ2) is 5.89. The van der Waals surface area contributed by atoms with Gasteiger partial charge in [0.15, 0.2) is 0 Å². The fourth-order valence-electron chi connectivity index (χ4n) is 1.43. The topological polar surface area (TPSA) is 67.4 Å². The summed E-state index contributed by atoms with van der Waals surface area (Å²) in [5.74, 6) is -0.415. The number of amides is 2. The molecule has 17 heavy (non-hydrogen) atoms. The summed E-state index contributed by atoms with van der Waals surface area (Å²) in [4.78, 5) is 22.8. The van der Waals surface area contributed by atoms with Crippen molar-refractivity contribution in [3.8, 4) is 0 Å². The quantitative estimate of drug-likeness (QED) is 0.788. The minimum Gasteiger partial charge on any atom is -0.465 e. The van der Waals surface area contributed by atoms with Crippen molar-refractivity contribution in [1.82, 2.24) is 5.32 Å². The molecule has 0 heterocycles. The van der Waals surface area contributed by atoms with Gasteiger partial charge in [0, 0.05) is 12.2 Å². The van der Waals surface area contributed by atoms with Crippen LogP contribution < -0.4 is 10.6 Å². The molecule has 92 valence electrons. The Morgan fingerprint density at radius 1 is 1.35 bits per heavy atom. The summed E-state index contributed by atoms with van der Waals surface area (Å²) < 4.78 is 4.66. The number of hydrogen-bond donors (Lipinski definition) is 2. The summed E-state index contributed by atoms with van der Waals surface area (Å²) in [5.41, 5.74) is 1.73. The summed E-state index contributed by atoms with van der Waals surface area (Å²) in [6, 6.07) is 4.79. The maximum atomic E-state index is 11.4. The lowest BCUT2D eigenvalue weighted by molar-refractivity contribution is 0.0600. The van der Waals surface area contributed by atoms with E-state index in [-0.39, 0.29) is 6.03 Å². The van der Waals surface area contributed by atoms with Gasteiger partial charge in [-0.25, -0.2) is 9.59 Å². The first-order chi connectivity index (χ1) is 8.10. The molecule has 0 saturated heterocycles. The van der Waals surface area contributed by atoms with Gasteiger partial charge in [-0.2, -0.15) is 0 Å². The van der Waals surface area contributed by atoms with E-state index in [1.165, 1.54) is 7.11 Å². The highest BCUT2D eigenvalue weighted by molar-refractivity contribution is 5.96. The Labute approximate surface area is 100 Å². The number of benzene rings is 1. The van der Waals surface area contributed by atoms with Gasteiger partial charge in [-0.3, -0.25) is 0 Å². The van der Waals surface area contributed by atoms with E-state index < -0.39 is 5.97 Å². The zero-order chi connectivity index (χ0) is 12.8. The smallest absolute Gasteiger partial charge is 0.338 e. The highest BCUT2D eigenvalue weighted by Gasteiger charge is 2.12. The van der Waals surface area contributed by atoms with Crippen LogP contribution >= 0.6 is 0 Å². The van der Waals surface area contributed by atoms with Crippen molar-refractivity contribution >= 4 is 17.7 Å². The average Bonchev–Trinajstić information content (AvgIpc) is 2.31. The van der Waals surface area contributed by atoms with Crippen molar-refractivity contribution < 1.29 is 14.3 Å². The van der Waals surface area contributed by atoms with Gasteiger partial charge in [0.05, 0.1) is 12.7 Å². The van der Waals surface area contributed by atoms with Crippen LogP contribution in [0, 0.1) is 6.92 Å². The predicted octanol–water partition coefficient (Wildman–Crippen LogP) is 1.92. The average molecular weight is 236 g/mol. The van der Waals surface area contributed by atoms with Crippen LogP contribution in [0.2, 0.25) is 0 Å². The van der Waals surface area contributed by atoms with Crippen LogP contribution in [0.1, 0.15) is 22.8 Å². The lowest BCUT2D eigenvalue weighted by atomic mass is 10.1. The molecule has 5 nitrogen and oxygen atoms in total. The van der Waals surface area contributed by atoms with E-state index in [2.05, 4.69) is 15.4 Å². The number of carbonyl (C=O) groups excluding carboxylic acids is 2. The van der Waals surface area contributed by atoms with Gasteiger partial charge >= 0.3 is 12.0 Å². The fourth-order valence-corrected chi connectivity index (χ4v) is 1.43. The molecule has 0 saturated carbocycles. The van der Waals surface area contributed by atoms with Crippen LogP contribution in [0.5, 0.6) is 0 Å². The van der Waals surface area contributed by atoms with Gasteiger partial charge in [0.2, 0.25) is 0 Å². The summed E-state index contributed by atoms with van der Waals surface area (Å²) >= 11 is 0. The fraction of sp³-hybridized carbons (Fsp3) is 0.333. The third kappa shape index (κ3) is 3.21. The lowest BCUT2D eigenvalue weighted by Crippen LogP contribution is -2.28. The molecule has 2 amide bonds. The third-order valence-electron chi connectivity index (χ3n) is 2.32. The molecule has 0 atom stereocenters. The van der Waals surface area contributed by atoms with E-state index in [9.17, 15) is 9.59 Å². The number of esters is 1. The molecule has 0 spiro atoms. The van der Waals surface area contributed by atoms with Crippen LogP contribution in [-0.4, -0.2) is 25.7 Å². The van der Waals surface area contributed by atoms with Crippen LogP contribution in [0.3, 0.4) is 0 Å². The van der Waals surface area contributed by atoms with Crippen LogP contribution in [0.15, 0.2) is 18.2 Å². The normalized spacial score (nSPS) is 9.59. The molecule has 0 aliphatic carbocycles. The molecule has 1 aromatic carbocycles. The standard InChI is InChI=1S/C12H16N2O3/c1-4-13-12(16)14-10-7-5-6-9(8(10)2)11(15)17-3/h5-7H,4H2,1-3H3,(H2,13,14,16). The number of anilines is 1. The number of urea groups is 1. The highest BCUT2D eigenvalue weighted by Crippen LogP contribution is 2.19. The van der Waals surface area contributed by atoms with Gasteiger partial charge in [0.1, 0.15) is 0 Å². The zero-order valence-electron chi connectivity index (χ0n) is 10.2. The molecule has 1 rings (SSSR count). The zero-order valence-corrected chi connectivity index (χ0v) is 10.2. The number of methoxy groups -OCH3 is 1. The summed E-state index contributed by atoms with van der Waals surface area (Å²) in [6.07, 6.45) is 0. The van der Waals surface area contributed by atoms with Gasteiger partial charge in [-0.15, -0.1) is 0 Å². The van der Waals surface area contributed by atoms with Crippen molar-refractivity contribution in [2.45, 2.75) is 13.8 Å². The Morgan fingerprint density at radius 3 is 2.65 bits per heavy atom. The third-order valence-corrected chi connectivity index (χ3v) is 2.32. The van der Waals surface area contributed by atoms with Crippen LogP contribution in [-0.2, 0) is 4.74 Å². The molecular formula is C12H16N2O3. The van der Waals surface area contributed by atoms with E-state index in [4.69, 9.17) is 0 Å². The van der Waals surface area contributed by atoms with Crippen molar-refractivity contribution in [3.63, 3.8) is 0 Å². The van der Waals surface area contributed by atoms with Gasteiger partial charge < -0.3 is 15.4 Å². The van der Waals surface area contributed by atoms with Crippen LogP contribution in [0.25, 0.3) is 0 Å². The molecule has 0 unspecified atom stereocenters. The SMILES string of the molecule is CCNC(=O)Nc1cccc(C(=O)OC)c1C. The molecule has 2 N–H and O–H groups in total. The molecule has 1 aromatic rings. The first-order valence-corrected chi connectivity index (χ1v) is 5.33. The van der Waals surface area contributed by atoms with Crippen LogP contribution in [0.4, 0.5) is 10.5 Å². The molecule has 5 heteroatoms. The summed E-state index contributed by atoms with van der Waals surface area (Å²) in [5, 5.41) is 5.29. The number of nitrogens with one attached hydrogen (secondary N) is 2. The van der Waals surface area contributed by atoms with Crippen molar-refractivity contribution in [2.24, 2.45) is 0 Å². The maximum Gasteiger partial charge on any atom is 0.338 e. The van der Waals surface area contributed by atoms with E-state index >= 15 is 0 Å². The molecule has 0 radical (unpaired) electrons. The first-order valence-electron chi connectivity index (χ1n) is 5.33. The Hall–Kier alpha value is -2.04. The Morgan fingerprint density at radius 2 is 2.06 bits per heavy atom. The van der Waals surface area contributed by atoms with Crippen molar-refractivity contribution in [1.29, 1.82) is 0 Å². The van der Waals surface area contributed by atoms with Gasteiger partial charge in [-0.05, 0) is 31.5 Å². The second-order valence-electron chi connectivity index (χ2n) is 3.45. The minimum atomic E-state index is -0.415. The predicted molar refractivity (Wildman–Crippen MR) is 65.2 cm³/mol. The Kier molecular flexibility index (Phi) is 4.51. The molecule has 0 aromatic heterocycles. The highest BCUT2D eigenvalue weighted by atomic mass is 16.5. The molecular weight excluding hydrogens is 220 g/mol. The molecule has 0 fully saturated rings. The molecule has 0 bridgehead atoms. The van der Waals surface area contributed by atoms with Crippen molar-refractivity contribution in [2.75, 3.05) is 19.0 Å². The number of hydrogen-bond acceptors (Lipinski definition) is 3. The minimum absolute atomic E-state index is 0.294. The van der Waals surface area contributed by atoms with E-state index in [0.717, 1.165) is 0 Å². The second-order valence-corrected chi connectivity index (χ2v) is 3.45. The summed E-state index contributed by atoms with van der Waals surface area (Å²) in [6.45, 7) is 4.13. The largest absolute Gasteiger partial charge is 0.465 e. The lowest BCUT2D eigenvalue weighted by Gasteiger charge is -2.11. The number of ether oxygens (including phenoxy) is 1. The molecule has 0 aliphatic heterocycles. The van der Waals surface area contributed by atoms with Gasteiger partial charge in [-0.1, -0.05) is 6.07 Å².